The summed E-state index contributed by atoms with van der Waals surface area (Å²) in [6.45, 7) is 4.30. The van der Waals surface area contributed by atoms with Gasteiger partial charge in [-0.2, -0.15) is 0 Å². The molecular formula is C21H28N2O5. The van der Waals surface area contributed by atoms with Crippen LogP contribution in [0.2, 0.25) is 0 Å². The predicted octanol–water partition coefficient (Wildman–Crippen LogP) is 2.69. The lowest BCUT2D eigenvalue weighted by atomic mass is 10.0. The Morgan fingerprint density at radius 1 is 1.11 bits per heavy atom. The van der Waals surface area contributed by atoms with Crippen LogP contribution in [0.4, 0.5) is 0 Å². The molecule has 1 atom stereocenters. The van der Waals surface area contributed by atoms with Gasteiger partial charge in [-0.1, -0.05) is 19.9 Å². The van der Waals surface area contributed by atoms with Crippen LogP contribution >= 0.6 is 0 Å². The van der Waals surface area contributed by atoms with Crippen molar-refractivity contribution in [3.05, 3.63) is 47.9 Å². The molecule has 2 amide bonds. The van der Waals surface area contributed by atoms with E-state index in [2.05, 4.69) is 10.6 Å². The van der Waals surface area contributed by atoms with Gasteiger partial charge in [-0.15, -0.1) is 0 Å². The maximum atomic E-state index is 12.5. The van der Waals surface area contributed by atoms with Crippen LogP contribution in [-0.2, 0) is 22.6 Å². The van der Waals surface area contributed by atoms with E-state index in [1.165, 1.54) is 0 Å². The summed E-state index contributed by atoms with van der Waals surface area (Å²) in [6, 6.07) is 8.25. The smallest absolute Gasteiger partial charge is 0.242 e. The maximum Gasteiger partial charge on any atom is 0.242 e. The topological polar surface area (TPSA) is 89.8 Å². The van der Waals surface area contributed by atoms with E-state index in [0.717, 1.165) is 5.56 Å². The minimum absolute atomic E-state index is 0.139. The van der Waals surface area contributed by atoms with Crippen molar-refractivity contribution in [2.45, 2.75) is 39.3 Å². The summed E-state index contributed by atoms with van der Waals surface area (Å²) in [4.78, 5) is 25.1. The molecule has 7 nitrogen and oxygen atoms in total. The van der Waals surface area contributed by atoms with Gasteiger partial charge in [-0.25, -0.2) is 0 Å². The van der Waals surface area contributed by atoms with Gasteiger partial charge < -0.3 is 24.5 Å². The van der Waals surface area contributed by atoms with Crippen LogP contribution in [0.5, 0.6) is 11.5 Å². The lowest BCUT2D eigenvalue weighted by Crippen LogP contribution is -2.47. The van der Waals surface area contributed by atoms with Crippen LogP contribution in [0.25, 0.3) is 0 Å². The number of nitrogens with one attached hydrogen (secondary N) is 2. The first kappa shape index (κ1) is 21.3. The molecule has 1 heterocycles. The number of ether oxygens (including phenoxy) is 2. The summed E-state index contributed by atoms with van der Waals surface area (Å²) >= 11 is 0. The van der Waals surface area contributed by atoms with E-state index in [-0.39, 0.29) is 30.7 Å². The van der Waals surface area contributed by atoms with Crippen molar-refractivity contribution in [3.8, 4) is 11.5 Å². The highest BCUT2D eigenvalue weighted by molar-refractivity contribution is 5.88. The summed E-state index contributed by atoms with van der Waals surface area (Å²) in [5.74, 6) is 1.61. The second-order valence-corrected chi connectivity index (χ2v) is 6.91. The molecule has 2 aromatic rings. The molecule has 1 aromatic heterocycles. The van der Waals surface area contributed by atoms with Crippen LogP contribution in [0.15, 0.2) is 41.0 Å². The first-order valence-corrected chi connectivity index (χ1v) is 9.23. The van der Waals surface area contributed by atoms with Crippen molar-refractivity contribution in [2.24, 2.45) is 5.92 Å². The molecular weight excluding hydrogens is 360 g/mol. The number of rotatable bonds is 10. The summed E-state index contributed by atoms with van der Waals surface area (Å²) in [7, 11) is 3.10. The third kappa shape index (κ3) is 6.33. The Morgan fingerprint density at radius 3 is 2.46 bits per heavy atom. The fourth-order valence-electron chi connectivity index (χ4n) is 2.83. The highest BCUT2D eigenvalue weighted by Gasteiger charge is 2.22. The molecule has 2 N–H and O–H groups in total. The van der Waals surface area contributed by atoms with Crippen molar-refractivity contribution in [1.29, 1.82) is 0 Å². The zero-order chi connectivity index (χ0) is 20.5. The minimum atomic E-state index is -0.609. The van der Waals surface area contributed by atoms with Gasteiger partial charge >= 0.3 is 0 Å². The lowest BCUT2D eigenvalue weighted by Gasteiger charge is -2.20. The maximum absolute atomic E-state index is 12.5. The number of methoxy groups -OCH3 is 2. The summed E-state index contributed by atoms with van der Waals surface area (Å²) < 4.78 is 15.7. The zero-order valence-electron chi connectivity index (χ0n) is 16.8. The van der Waals surface area contributed by atoms with Crippen LogP contribution in [0, 0.1) is 5.92 Å². The quantitative estimate of drug-likeness (QED) is 0.653. The lowest BCUT2D eigenvalue weighted by molar-refractivity contribution is -0.129. The molecule has 0 unspecified atom stereocenters. The number of benzene rings is 1. The fourth-order valence-corrected chi connectivity index (χ4v) is 2.83. The molecule has 0 bridgehead atoms. The van der Waals surface area contributed by atoms with E-state index < -0.39 is 6.04 Å². The third-order valence-corrected chi connectivity index (χ3v) is 4.19. The number of carbonyl (C=O) groups is 2. The molecule has 0 saturated heterocycles. The monoisotopic (exact) mass is 388 g/mol. The van der Waals surface area contributed by atoms with Crippen LogP contribution < -0.4 is 20.1 Å². The molecule has 0 aliphatic rings. The average Bonchev–Trinajstić information content (AvgIpc) is 3.18. The van der Waals surface area contributed by atoms with Gasteiger partial charge in [0.25, 0.3) is 0 Å². The molecule has 1 aromatic carbocycles. The Labute approximate surface area is 165 Å². The second-order valence-electron chi connectivity index (χ2n) is 6.91. The number of furan rings is 1. The van der Waals surface area contributed by atoms with Gasteiger partial charge in [0.1, 0.15) is 11.8 Å². The van der Waals surface area contributed by atoms with Gasteiger partial charge in [0.15, 0.2) is 11.5 Å². The summed E-state index contributed by atoms with van der Waals surface area (Å²) in [5, 5.41) is 5.65. The number of amides is 2. The molecule has 0 fully saturated rings. The van der Waals surface area contributed by atoms with E-state index in [0.29, 0.717) is 23.7 Å². The van der Waals surface area contributed by atoms with Crippen LogP contribution in [-0.4, -0.2) is 32.1 Å². The van der Waals surface area contributed by atoms with Gasteiger partial charge in [-0.05, 0) is 42.2 Å². The second kappa shape index (κ2) is 10.4. The number of hydrogen-bond donors (Lipinski definition) is 2. The fraction of sp³-hybridized carbons (Fsp3) is 0.429. The van der Waals surface area contributed by atoms with E-state index in [1.54, 1.807) is 50.8 Å². The first-order valence-electron chi connectivity index (χ1n) is 9.23. The van der Waals surface area contributed by atoms with E-state index in [1.807, 2.05) is 13.8 Å². The van der Waals surface area contributed by atoms with Gasteiger partial charge in [0, 0.05) is 0 Å². The average molecular weight is 388 g/mol. The molecule has 0 radical (unpaired) electrons. The highest BCUT2D eigenvalue weighted by atomic mass is 16.5. The van der Waals surface area contributed by atoms with Crippen LogP contribution in [0.3, 0.4) is 0 Å². The van der Waals surface area contributed by atoms with Gasteiger partial charge in [0.05, 0.1) is 33.4 Å². The highest BCUT2D eigenvalue weighted by Crippen LogP contribution is 2.27. The molecule has 0 aliphatic carbocycles. The van der Waals surface area contributed by atoms with Crippen LogP contribution in [0.1, 0.15) is 31.6 Å². The van der Waals surface area contributed by atoms with Crippen molar-refractivity contribution in [1.82, 2.24) is 10.6 Å². The first-order chi connectivity index (χ1) is 13.4. The van der Waals surface area contributed by atoms with E-state index >= 15 is 0 Å². The number of hydrogen-bond acceptors (Lipinski definition) is 5. The van der Waals surface area contributed by atoms with E-state index in [9.17, 15) is 9.59 Å². The molecule has 28 heavy (non-hydrogen) atoms. The normalized spacial score (nSPS) is 11.8. The predicted molar refractivity (Wildman–Crippen MR) is 105 cm³/mol. The Balaban J connectivity index is 1.98. The Hall–Kier alpha value is -2.96. The van der Waals surface area contributed by atoms with Crippen molar-refractivity contribution in [2.75, 3.05) is 14.2 Å². The van der Waals surface area contributed by atoms with Crippen molar-refractivity contribution in [3.63, 3.8) is 0 Å². The molecule has 2 rings (SSSR count). The van der Waals surface area contributed by atoms with Gasteiger partial charge in [0.2, 0.25) is 11.8 Å². The Bertz CT molecular complexity index is 771. The largest absolute Gasteiger partial charge is 0.493 e. The Kier molecular flexibility index (Phi) is 7.92. The molecule has 152 valence electrons. The summed E-state index contributed by atoms with van der Waals surface area (Å²) in [5.41, 5.74) is 0.773. The third-order valence-electron chi connectivity index (χ3n) is 4.19. The standard InChI is InChI=1S/C21H28N2O5/c1-14(2)10-17(21(25)22-13-16-6-5-9-28-16)23-20(24)12-15-7-8-18(26-3)19(11-15)27-4/h5-9,11,14,17H,10,12-13H2,1-4H3,(H,22,25)(H,23,24)/t17-/m0/s1. The zero-order valence-corrected chi connectivity index (χ0v) is 16.8. The molecule has 0 saturated carbocycles. The number of carbonyl (C=O) groups excluding carboxylic acids is 2. The summed E-state index contributed by atoms with van der Waals surface area (Å²) in [6.07, 6.45) is 2.24. The molecule has 0 spiro atoms. The molecule has 0 aliphatic heterocycles. The SMILES string of the molecule is COc1ccc(CC(=O)N[C@@H](CC(C)C)C(=O)NCc2ccco2)cc1OC. The molecule has 7 heteroatoms. The van der Waals surface area contributed by atoms with Crippen molar-refractivity contribution >= 4 is 11.8 Å². The van der Waals surface area contributed by atoms with E-state index in [4.69, 9.17) is 13.9 Å². The van der Waals surface area contributed by atoms with Crippen molar-refractivity contribution < 1.29 is 23.5 Å². The van der Waals surface area contributed by atoms with Gasteiger partial charge in [-0.3, -0.25) is 9.59 Å². The Morgan fingerprint density at radius 2 is 1.86 bits per heavy atom. The minimum Gasteiger partial charge on any atom is -0.493 e.